The van der Waals surface area contributed by atoms with Crippen molar-refractivity contribution in [2.24, 2.45) is 5.92 Å². The van der Waals surface area contributed by atoms with Crippen LogP contribution in [-0.4, -0.2) is 80.8 Å². The summed E-state index contributed by atoms with van der Waals surface area (Å²) >= 11 is 0. The minimum Gasteiger partial charge on any atom is -0.391 e. The third-order valence-corrected chi connectivity index (χ3v) is 8.16. The second kappa shape index (κ2) is 9.89. The maximum absolute atomic E-state index is 13.0. The molecule has 0 bridgehead atoms. The van der Waals surface area contributed by atoms with Crippen molar-refractivity contribution in [3.05, 3.63) is 53.6 Å². The van der Waals surface area contributed by atoms with Gasteiger partial charge in [0.25, 0.3) is 5.91 Å². The summed E-state index contributed by atoms with van der Waals surface area (Å²) in [5.74, 6) is -0.843. The molecule has 1 fully saturated rings. The van der Waals surface area contributed by atoms with Crippen LogP contribution in [-0.2, 0) is 10.0 Å². The first-order valence-electron chi connectivity index (χ1n) is 10.6. The van der Waals surface area contributed by atoms with Crippen molar-refractivity contribution in [2.45, 2.75) is 12.5 Å². The average molecular weight is 480 g/mol. The van der Waals surface area contributed by atoms with Crippen molar-refractivity contribution in [3.8, 4) is 0 Å². The fourth-order valence-electron chi connectivity index (χ4n) is 4.25. The number of amides is 1. The molecule has 2 heterocycles. The van der Waals surface area contributed by atoms with Gasteiger partial charge in [-0.3, -0.25) is 4.79 Å². The van der Waals surface area contributed by atoms with Gasteiger partial charge in [0.05, 0.1) is 11.9 Å². The number of likely N-dealkylation sites (tertiary alicyclic amines) is 1. The predicted molar refractivity (Wildman–Crippen MR) is 130 cm³/mol. The molecular formula is C23H30ClN3O4S. The Morgan fingerprint density at radius 1 is 1.16 bits per heavy atom. The third kappa shape index (κ3) is 5.15. The van der Waals surface area contributed by atoms with Crippen LogP contribution in [0.2, 0.25) is 0 Å². The molecule has 1 saturated heterocycles. The molecule has 2 aliphatic heterocycles. The van der Waals surface area contributed by atoms with Gasteiger partial charge in [-0.05, 0) is 53.1 Å². The van der Waals surface area contributed by atoms with Crippen LogP contribution in [0.1, 0.15) is 22.3 Å². The second-order valence-electron chi connectivity index (χ2n) is 8.56. The number of aliphatic hydroxyl groups is 1. The highest BCUT2D eigenvalue weighted by Crippen LogP contribution is 2.27. The van der Waals surface area contributed by atoms with Gasteiger partial charge in [-0.2, -0.15) is 0 Å². The SMILES string of the molecule is CN(C)S(=O)(=O)C[C@@H]1CN(C(=O)c2ccc3cc(C4=CCNCC4)ccc3c2)C[C@@H]1O.Cl. The van der Waals surface area contributed by atoms with Gasteiger partial charge >= 0.3 is 0 Å². The molecule has 2 N–H and O–H groups in total. The summed E-state index contributed by atoms with van der Waals surface area (Å²) in [6, 6.07) is 11.9. The van der Waals surface area contributed by atoms with Crippen LogP contribution in [0.25, 0.3) is 16.3 Å². The summed E-state index contributed by atoms with van der Waals surface area (Å²) in [6.07, 6.45) is 2.37. The molecule has 0 aromatic heterocycles. The monoisotopic (exact) mass is 479 g/mol. The Kier molecular flexibility index (Phi) is 7.62. The number of sulfonamides is 1. The number of rotatable bonds is 5. The zero-order chi connectivity index (χ0) is 22.2. The minimum absolute atomic E-state index is 0. The molecular weight excluding hydrogens is 450 g/mol. The number of carbonyl (C=O) groups is 1. The van der Waals surface area contributed by atoms with Crippen LogP contribution in [0.15, 0.2) is 42.5 Å². The molecule has 0 unspecified atom stereocenters. The Balaban J connectivity index is 0.00000289. The number of hydrogen-bond acceptors (Lipinski definition) is 5. The van der Waals surface area contributed by atoms with E-state index in [4.69, 9.17) is 0 Å². The van der Waals surface area contributed by atoms with E-state index in [2.05, 4.69) is 23.5 Å². The largest absolute Gasteiger partial charge is 0.391 e. The van der Waals surface area contributed by atoms with Crippen molar-refractivity contribution in [2.75, 3.05) is 46.0 Å². The normalized spacial score (nSPS) is 21.5. The number of nitrogens with zero attached hydrogens (tertiary/aromatic N) is 2. The van der Waals surface area contributed by atoms with Crippen molar-refractivity contribution in [3.63, 3.8) is 0 Å². The van der Waals surface area contributed by atoms with E-state index in [1.165, 1.54) is 25.2 Å². The maximum Gasteiger partial charge on any atom is 0.253 e. The van der Waals surface area contributed by atoms with Crippen LogP contribution < -0.4 is 5.32 Å². The maximum atomic E-state index is 13.0. The van der Waals surface area contributed by atoms with Gasteiger partial charge in [-0.1, -0.05) is 24.3 Å². The summed E-state index contributed by atoms with van der Waals surface area (Å²) in [6.45, 7) is 2.24. The molecule has 7 nitrogen and oxygen atoms in total. The summed E-state index contributed by atoms with van der Waals surface area (Å²) in [7, 11) is -0.496. The van der Waals surface area contributed by atoms with Crippen LogP contribution in [0, 0.1) is 5.92 Å². The van der Waals surface area contributed by atoms with Crippen molar-refractivity contribution in [1.82, 2.24) is 14.5 Å². The minimum atomic E-state index is -3.44. The molecule has 0 spiro atoms. The van der Waals surface area contributed by atoms with Gasteiger partial charge in [0.15, 0.2) is 0 Å². The van der Waals surface area contributed by atoms with E-state index in [1.54, 1.807) is 4.90 Å². The number of aliphatic hydroxyl groups excluding tert-OH is 1. The summed E-state index contributed by atoms with van der Waals surface area (Å²) < 4.78 is 25.5. The van der Waals surface area contributed by atoms with Crippen LogP contribution >= 0.6 is 12.4 Å². The van der Waals surface area contributed by atoms with Crippen LogP contribution in [0.3, 0.4) is 0 Å². The number of fused-ring (bicyclic) bond motifs is 1. The fraction of sp³-hybridized carbons (Fsp3) is 0.435. The molecule has 4 rings (SSSR count). The first kappa shape index (κ1) is 24.7. The van der Waals surface area contributed by atoms with E-state index in [1.807, 2.05) is 24.3 Å². The molecule has 2 aromatic rings. The Morgan fingerprint density at radius 3 is 2.56 bits per heavy atom. The van der Waals surface area contributed by atoms with Crippen LogP contribution in [0.5, 0.6) is 0 Å². The van der Waals surface area contributed by atoms with E-state index in [9.17, 15) is 18.3 Å². The summed E-state index contributed by atoms with van der Waals surface area (Å²) in [5, 5.41) is 15.7. The predicted octanol–water partition coefficient (Wildman–Crippen LogP) is 1.96. The number of hydrogen-bond donors (Lipinski definition) is 2. The average Bonchev–Trinajstić information content (AvgIpc) is 3.12. The van der Waals surface area contributed by atoms with Crippen molar-refractivity contribution in [1.29, 1.82) is 0 Å². The Hall–Kier alpha value is -1.97. The standard InChI is InChI=1S/C23H29N3O4S.ClH/c1-25(2)31(29,30)15-21-13-26(14-22(21)27)23(28)20-6-5-18-11-17(3-4-19(18)12-20)16-7-9-24-10-8-16;/h3-7,11-12,21-22,24,27H,8-10,13-15H2,1-2H3;1H/t21-,22-;/m0./s1. The number of carbonyl (C=O) groups excluding carboxylic acids is 1. The van der Waals surface area contributed by atoms with E-state index >= 15 is 0 Å². The highest BCUT2D eigenvalue weighted by atomic mass is 35.5. The molecule has 0 aliphatic carbocycles. The molecule has 2 aliphatic rings. The number of halogens is 1. The molecule has 0 radical (unpaired) electrons. The lowest BCUT2D eigenvalue weighted by molar-refractivity contribution is 0.0765. The first-order valence-corrected chi connectivity index (χ1v) is 12.2. The number of nitrogens with one attached hydrogen (secondary N) is 1. The second-order valence-corrected chi connectivity index (χ2v) is 10.8. The smallest absolute Gasteiger partial charge is 0.253 e. The van der Waals surface area contributed by atoms with Crippen molar-refractivity contribution < 1.29 is 18.3 Å². The lowest BCUT2D eigenvalue weighted by Crippen LogP contribution is -2.33. The van der Waals surface area contributed by atoms with E-state index in [-0.39, 0.29) is 37.2 Å². The van der Waals surface area contributed by atoms with E-state index in [0.717, 1.165) is 34.6 Å². The lowest BCUT2D eigenvalue weighted by Gasteiger charge is -2.18. The zero-order valence-electron chi connectivity index (χ0n) is 18.3. The zero-order valence-corrected chi connectivity index (χ0v) is 20.0. The topological polar surface area (TPSA) is 90.0 Å². The van der Waals surface area contributed by atoms with Gasteiger partial charge in [0.2, 0.25) is 10.0 Å². The molecule has 0 saturated carbocycles. The van der Waals surface area contributed by atoms with Gasteiger partial charge < -0.3 is 15.3 Å². The lowest BCUT2D eigenvalue weighted by atomic mass is 9.96. The molecule has 174 valence electrons. The van der Waals surface area contributed by atoms with E-state index in [0.29, 0.717) is 5.56 Å². The van der Waals surface area contributed by atoms with Gasteiger partial charge in [-0.25, -0.2) is 12.7 Å². The summed E-state index contributed by atoms with van der Waals surface area (Å²) in [4.78, 5) is 14.6. The quantitative estimate of drug-likeness (QED) is 0.684. The molecule has 1 amide bonds. The summed E-state index contributed by atoms with van der Waals surface area (Å²) in [5.41, 5.74) is 3.09. The number of β-amino-alcohol motifs (C(OH)–C–C–N with tert-alkyl or cyclic N) is 1. The van der Waals surface area contributed by atoms with Gasteiger partial charge in [0, 0.05) is 45.2 Å². The Bertz CT molecular complexity index is 1130. The molecule has 9 heteroatoms. The van der Waals surface area contributed by atoms with E-state index < -0.39 is 22.0 Å². The van der Waals surface area contributed by atoms with Gasteiger partial charge in [0.1, 0.15) is 0 Å². The highest BCUT2D eigenvalue weighted by Gasteiger charge is 2.37. The molecule has 32 heavy (non-hydrogen) atoms. The van der Waals surface area contributed by atoms with Gasteiger partial charge in [-0.15, -0.1) is 12.4 Å². The Morgan fingerprint density at radius 2 is 1.88 bits per heavy atom. The van der Waals surface area contributed by atoms with Crippen LogP contribution in [0.4, 0.5) is 0 Å². The molecule has 2 atom stereocenters. The molecule has 2 aromatic carbocycles. The third-order valence-electron chi connectivity index (χ3n) is 6.20. The number of benzene rings is 2. The first-order chi connectivity index (χ1) is 14.7. The highest BCUT2D eigenvalue weighted by molar-refractivity contribution is 7.89. The fourth-order valence-corrected chi connectivity index (χ4v) is 5.42. The van der Waals surface area contributed by atoms with Crippen molar-refractivity contribution >= 4 is 44.7 Å². The Labute approximate surface area is 195 Å².